The summed E-state index contributed by atoms with van der Waals surface area (Å²) in [7, 11) is 0. The van der Waals surface area contributed by atoms with E-state index in [0.29, 0.717) is 11.3 Å². The summed E-state index contributed by atoms with van der Waals surface area (Å²) in [6, 6.07) is 5.16. The Balaban J connectivity index is 1.71. The molecule has 160 valence electrons. The standard InChI is InChI=1S/C21H25N3O6/c1-3-30-20(28)14-9-5-6-10-15(14)22-17(25)12-23-18(26)19(27)24(21(23)29)16-11-7-4-8-13(16)2/h5-6,9-10,13,16H,3-4,7-8,11-12H2,1-2H3,(H,22,25)/t13-,16-/m0/s1. The van der Waals surface area contributed by atoms with Gasteiger partial charge in [-0.3, -0.25) is 19.3 Å². The van der Waals surface area contributed by atoms with E-state index in [1.54, 1.807) is 19.1 Å². The summed E-state index contributed by atoms with van der Waals surface area (Å²) in [5.74, 6) is -3.09. The maximum absolute atomic E-state index is 12.8. The first-order chi connectivity index (χ1) is 14.3. The lowest BCUT2D eigenvalue weighted by Gasteiger charge is -2.34. The van der Waals surface area contributed by atoms with E-state index in [1.807, 2.05) is 6.92 Å². The van der Waals surface area contributed by atoms with Crippen molar-refractivity contribution in [1.29, 1.82) is 0 Å². The Labute approximate surface area is 174 Å². The number of ether oxygens (including phenoxy) is 1. The van der Waals surface area contributed by atoms with Gasteiger partial charge in [-0.05, 0) is 37.8 Å². The van der Waals surface area contributed by atoms with Crippen molar-refractivity contribution >= 4 is 35.4 Å². The molecule has 2 atom stereocenters. The lowest BCUT2D eigenvalue weighted by Crippen LogP contribution is -2.46. The van der Waals surface area contributed by atoms with Gasteiger partial charge < -0.3 is 10.1 Å². The van der Waals surface area contributed by atoms with Gasteiger partial charge in [0.1, 0.15) is 6.54 Å². The van der Waals surface area contributed by atoms with E-state index in [2.05, 4.69) is 5.32 Å². The quantitative estimate of drug-likeness (QED) is 0.433. The van der Waals surface area contributed by atoms with Crippen LogP contribution >= 0.6 is 0 Å². The molecule has 1 N–H and O–H groups in total. The smallest absolute Gasteiger partial charge is 0.340 e. The third-order valence-electron chi connectivity index (χ3n) is 5.48. The zero-order valence-corrected chi connectivity index (χ0v) is 17.1. The number of hydrogen-bond donors (Lipinski definition) is 1. The van der Waals surface area contributed by atoms with E-state index < -0.39 is 36.3 Å². The Morgan fingerprint density at radius 3 is 2.50 bits per heavy atom. The Bertz CT molecular complexity index is 883. The zero-order valence-electron chi connectivity index (χ0n) is 17.1. The minimum absolute atomic E-state index is 0.102. The number of hydrogen-bond acceptors (Lipinski definition) is 6. The van der Waals surface area contributed by atoms with Crippen LogP contribution in [0.2, 0.25) is 0 Å². The number of para-hydroxylation sites is 1. The number of rotatable bonds is 6. The highest BCUT2D eigenvalue weighted by Gasteiger charge is 2.49. The normalized spacial score (nSPS) is 21.7. The van der Waals surface area contributed by atoms with Gasteiger partial charge in [-0.15, -0.1) is 0 Å². The molecule has 0 aromatic heterocycles. The van der Waals surface area contributed by atoms with Crippen molar-refractivity contribution < 1.29 is 28.7 Å². The number of nitrogens with zero attached hydrogens (tertiary/aromatic N) is 2. The second-order valence-electron chi connectivity index (χ2n) is 7.49. The van der Waals surface area contributed by atoms with Crippen LogP contribution in [0.5, 0.6) is 0 Å². The number of anilines is 1. The molecule has 1 aliphatic heterocycles. The maximum Gasteiger partial charge on any atom is 0.340 e. The van der Waals surface area contributed by atoms with Gasteiger partial charge in [0.2, 0.25) is 5.91 Å². The van der Waals surface area contributed by atoms with Gasteiger partial charge in [0.15, 0.2) is 0 Å². The van der Waals surface area contributed by atoms with Crippen LogP contribution in [0.3, 0.4) is 0 Å². The summed E-state index contributed by atoms with van der Waals surface area (Å²) in [5, 5.41) is 2.52. The van der Waals surface area contributed by atoms with Gasteiger partial charge >= 0.3 is 23.8 Å². The first kappa shape index (κ1) is 21.5. The molecule has 1 aromatic carbocycles. The largest absolute Gasteiger partial charge is 0.462 e. The summed E-state index contributed by atoms with van der Waals surface area (Å²) < 4.78 is 4.96. The predicted octanol–water partition coefficient (Wildman–Crippen LogP) is 2.17. The number of carbonyl (C=O) groups excluding carboxylic acids is 5. The average Bonchev–Trinajstić information content (AvgIpc) is 2.92. The monoisotopic (exact) mass is 415 g/mol. The lowest BCUT2D eigenvalue weighted by molar-refractivity contribution is -0.145. The van der Waals surface area contributed by atoms with Gasteiger partial charge in [-0.1, -0.05) is 31.9 Å². The number of amides is 5. The molecule has 30 heavy (non-hydrogen) atoms. The topological polar surface area (TPSA) is 113 Å². The first-order valence-corrected chi connectivity index (χ1v) is 10.1. The van der Waals surface area contributed by atoms with Gasteiger partial charge in [0, 0.05) is 6.04 Å². The van der Waals surface area contributed by atoms with Crippen LogP contribution in [0.1, 0.15) is 49.9 Å². The molecule has 1 saturated carbocycles. The molecule has 1 heterocycles. The number of benzene rings is 1. The van der Waals surface area contributed by atoms with E-state index in [9.17, 15) is 24.0 Å². The molecule has 3 rings (SSSR count). The molecule has 0 spiro atoms. The number of esters is 1. The van der Waals surface area contributed by atoms with Crippen molar-refractivity contribution in [3.63, 3.8) is 0 Å². The molecule has 9 nitrogen and oxygen atoms in total. The first-order valence-electron chi connectivity index (χ1n) is 10.1. The van der Waals surface area contributed by atoms with Gasteiger partial charge in [-0.2, -0.15) is 0 Å². The fourth-order valence-electron chi connectivity index (χ4n) is 3.95. The summed E-state index contributed by atoms with van der Waals surface area (Å²) >= 11 is 0. The summed E-state index contributed by atoms with van der Waals surface area (Å²) in [6.07, 6.45) is 3.43. The second-order valence-corrected chi connectivity index (χ2v) is 7.49. The molecule has 2 fully saturated rings. The fraction of sp³-hybridized carbons (Fsp3) is 0.476. The Morgan fingerprint density at radius 2 is 1.80 bits per heavy atom. The number of imide groups is 2. The molecule has 9 heteroatoms. The average molecular weight is 415 g/mol. The van der Waals surface area contributed by atoms with E-state index >= 15 is 0 Å². The van der Waals surface area contributed by atoms with E-state index in [4.69, 9.17) is 4.74 Å². The molecule has 0 radical (unpaired) electrons. The third kappa shape index (κ3) is 4.19. The predicted molar refractivity (Wildman–Crippen MR) is 106 cm³/mol. The van der Waals surface area contributed by atoms with Crippen LogP contribution in [-0.4, -0.2) is 58.7 Å². The van der Waals surface area contributed by atoms with Crippen molar-refractivity contribution in [2.75, 3.05) is 18.5 Å². The molecular formula is C21H25N3O6. The van der Waals surface area contributed by atoms with Crippen molar-refractivity contribution in [3.8, 4) is 0 Å². The SMILES string of the molecule is CCOC(=O)c1ccccc1NC(=O)CN1C(=O)C(=O)N([C@H]2CCCC[C@@H]2C)C1=O. The molecule has 1 aromatic rings. The highest BCUT2D eigenvalue weighted by Crippen LogP contribution is 2.31. The van der Waals surface area contributed by atoms with Crippen LogP contribution in [0.25, 0.3) is 0 Å². The second kappa shape index (κ2) is 9.06. The minimum atomic E-state index is -1.01. The van der Waals surface area contributed by atoms with Gasteiger partial charge in [-0.25, -0.2) is 14.5 Å². The molecule has 1 aliphatic carbocycles. The van der Waals surface area contributed by atoms with Crippen LogP contribution in [0, 0.1) is 5.92 Å². The fourth-order valence-corrected chi connectivity index (χ4v) is 3.95. The van der Waals surface area contributed by atoms with Crippen LogP contribution in [0.4, 0.5) is 10.5 Å². The zero-order chi connectivity index (χ0) is 21.8. The molecule has 0 bridgehead atoms. The number of nitrogens with one attached hydrogen (secondary N) is 1. The highest BCUT2D eigenvalue weighted by atomic mass is 16.5. The van der Waals surface area contributed by atoms with Crippen LogP contribution < -0.4 is 5.32 Å². The third-order valence-corrected chi connectivity index (χ3v) is 5.48. The molecular weight excluding hydrogens is 390 g/mol. The summed E-state index contributed by atoms with van der Waals surface area (Å²) in [4.78, 5) is 63.8. The van der Waals surface area contributed by atoms with Crippen LogP contribution in [-0.2, 0) is 19.1 Å². The number of carbonyl (C=O) groups is 5. The number of urea groups is 1. The lowest BCUT2D eigenvalue weighted by atomic mass is 9.85. The Morgan fingerprint density at radius 1 is 1.10 bits per heavy atom. The van der Waals surface area contributed by atoms with Crippen molar-refractivity contribution in [1.82, 2.24) is 9.80 Å². The maximum atomic E-state index is 12.8. The van der Waals surface area contributed by atoms with E-state index in [1.165, 1.54) is 12.1 Å². The van der Waals surface area contributed by atoms with Crippen molar-refractivity contribution in [3.05, 3.63) is 29.8 Å². The molecule has 5 amide bonds. The molecule has 2 aliphatic rings. The summed E-state index contributed by atoms with van der Waals surface area (Å²) in [6.45, 7) is 3.18. The van der Waals surface area contributed by atoms with Crippen molar-refractivity contribution in [2.45, 2.75) is 45.6 Å². The Kier molecular flexibility index (Phi) is 6.49. The van der Waals surface area contributed by atoms with E-state index in [-0.39, 0.29) is 29.8 Å². The van der Waals surface area contributed by atoms with Gasteiger partial charge in [0.05, 0.1) is 17.9 Å². The van der Waals surface area contributed by atoms with Gasteiger partial charge in [0.25, 0.3) is 0 Å². The van der Waals surface area contributed by atoms with Crippen LogP contribution in [0.15, 0.2) is 24.3 Å². The minimum Gasteiger partial charge on any atom is -0.462 e. The Hall–Kier alpha value is -3.23. The van der Waals surface area contributed by atoms with Crippen molar-refractivity contribution in [2.24, 2.45) is 5.92 Å². The highest BCUT2D eigenvalue weighted by molar-refractivity contribution is 6.45. The molecule has 0 unspecified atom stereocenters. The van der Waals surface area contributed by atoms with E-state index in [0.717, 1.165) is 24.2 Å². The summed E-state index contributed by atoms with van der Waals surface area (Å²) in [5.41, 5.74) is 0.352. The molecule has 1 saturated heterocycles.